The average Bonchev–Trinajstić information content (AvgIpc) is 2.62. The molecule has 0 bridgehead atoms. The monoisotopic (exact) mass is 420 g/mol. The summed E-state index contributed by atoms with van der Waals surface area (Å²) in [5.74, 6) is -2.06. The van der Waals surface area contributed by atoms with Gasteiger partial charge in [-0.15, -0.1) is 0 Å². The molecule has 3 atom stereocenters. The molecule has 0 rings (SSSR count). The molecule has 0 heterocycles. The highest BCUT2D eigenvalue weighted by Crippen LogP contribution is 2.47. The fourth-order valence-electron chi connectivity index (χ4n) is 2.33. The first-order chi connectivity index (χ1) is 13.2. The van der Waals surface area contributed by atoms with Crippen molar-refractivity contribution in [2.45, 2.75) is 65.0 Å². The predicted molar refractivity (Wildman–Crippen MR) is 110 cm³/mol. The van der Waals surface area contributed by atoms with E-state index in [2.05, 4.69) is 4.85 Å². The van der Waals surface area contributed by atoms with Gasteiger partial charge < -0.3 is 28.1 Å². The number of halogens is 1. The third-order valence-electron chi connectivity index (χ3n) is 3.65. The number of nitrogens with zero attached hydrogens (tertiary/aromatic N) is 2. The Kier molecular flexibility index (Phi) is 15.3. The smallest absolute Gasteiger partial charge is 0.259 e. The maximum atomic E-state index is 15.1. The zero-order valence-electron chi connectivity index (χ0n) is 18.0. The average molecular weight is 420 g/mol. The number of hydrogen-bond donors (Lipinski definition) is 0. The van der Waals surface area contributed by atoms with Gasteiger partial charge in [0.15, 0.2) is 0 Å². The Morgan fingerprint density at radius 2 is 1.79 bits per heavy atom. The first-order valence-electron chi connectivity index (χ1n) is 9.57. The second kappa shape index (κ2) is 15.5. The molecule has 0 saturated carbocycles. The zero-order chi connectivity index (χ0) is 21.6. The molecule has 0 aromatic carbocycles. The molecule has 0 aromatic heterocycles. The van der Waals surface area contributed by atoms with Crippen molar-refractivity contribution >= 4 is 16.4 Å². The van der Waals surface area contributed by atoms with Crippen LogP contribution in [0.5, 0.6) is 0 Å². The Bertz CT molecular complexity index is 437. The van der Waals surface area contributed by atoms with Gasteiger partial charge in [-0.3, -0.25) is 0 Å². The number of rotatable bonds is 17. The zero-order valence-corrected chi connectivity index (χ0v) is 18.9. The number of ether oxygens (including phenoxy) is 3. The highest BCUT2D eigenvalue weighted by Gasteiger charge is 2.35. The molecule has 0 aromatic rings. The van der Waals surface area contributed by atoms with Crippen molar-refractivity contribution in [1.82, 2.24) is 4.67 Å². The Hall–Kier alpha value is -0.325. The Balaban J connectivity index is 4.87. The minimum absolute atomic E-state index is 0.0510. The summed E-state index contributed by atoms with van der Waals surface area (Å²) < 4.78 is 44.3. The van der Waals surface area contributed by atoms with Gasteiger partial charge in [-0.25, -0.2) is 15.6 Å². The minimum atomic E-state index is -2.06. The van der Waals surface area contributed by atoms with Gasteiger partial charge >= 0.3 is 0 Å². The topological polar surface area (TPSA) is 53.8 Å². The van der Waals surface area contributed by atoms with E-state index in [1.165, 1.54) is 0 Å². The predicted octanol–water partition coefficient (Wildman–Crippen LogP) is 3.53. The molecule has 0 N–H and O–H groups in total. The van der Waals surface area contributed by atoms with Crippen LogP contribution in [-0.2, 0) is 23.3 Å². The van der Waals surface area contributed by atoms with Gasteiger partial charge in [0.25, 0.3) is 8.53 Å². The largest absolute Gasteiger partial charge is 0.382 e. The molecule has 0 aliphatic heterocycles. The minimum Gasteiger partial charge on any atom is -0.382 e. The van der Waals surface area contributed by atoms with Crippen LogP contribution in [0.2, 0.25) is 0 Å². The van der Waals surface area contributed by atoms with Crippen molar-refractivity contribution in [3.63, 3.8) is 0 Å². The van der Waals surface area contributed by atoms with Crippen LogP contribution in [0.25, 0.3) is 4.85 Å². The SMILES string of the molecule is [B]C(COCCOC)O[C@](F)(CC)COP(OCC[N+]#[C-])N(C(C)C)C(C)C. The third-order valence-corrected chi connectivity index (χ3v) is 5.70. The van der Waals surface area contributed by atoms with Gasteiger partial charge in [0.2, 0.25) is 12.4 Å². The Morgan fingerprint density at radius 3 is 2.29 bits per heavy atom. The van der Waals surface area contributed by atoms with Crippen LogP contribution in [-0.4, -0.2) is 83.1 Å². The van der Waals surface area contributed by atoms with E-state index in [1.807, 2.05) is 32.4 Å². The maximum Gasteiger partial charge on any atom is 0.259 e. The van der Waals surface area contributed by atoms with Crippen LogP contribution < -0.4 is 0 Å². The summed E-state index contributed by atoms with van der Waals surface area (Å²) in [5.41, 5.74) is 0. The normalized spacial score (nSPS) is 16.3. The Morgan fingerprint density at radius 1 is 1.14 bits per heavy atom. The second-order valence-corrected chi connectivity index (χ2v) is 8.21. The highest BCUT2D eigenvalue weighted by atomic mass is 31.2. The van der Waals surface area contributed by atoms with Crippen LogP contribution in [0, 0.1) is 6.57 Å². The first-order valence-corrected chi connectivity index (χ1v) is 10.7. The molecule has 0 saturated heterocycles. The van der Waals surface area contributed by atoms with Crippen molar-refractivity contribution in [2.75, 3.05) is 46.7 Å². The lowest BCUT2D eigenvalue weighted by molar-refractivity contribution is -0.188. The lowest BCUT2D eigenvalue weighted by atomic mass is 10.0. The summed E-state index contributed by atoms with van der Waals surface area (Å²) in [6, 6.07) is -0.662. The quantitative estimate of drug-likeness (QED) is 0.155. The standard InChI is InChI=1S/C18H35BFN2O5P/c1-8-18(20,27-17(19)13-24-12-11-23-7)14-26-28(25-10-9-21-6)22(15(2)3)16(4)5/h15-17H,8-14H2,1-5,7H3/t17?,18-,28?/m1/s1. The molecule has 0 fully saturated rings. The van der Waals surface area contributed by atoms with E-state index in [9.17, 15) is 0 Å². The summed E-state index contributed by atoms with van der Waals surface area (Å²) in [5, 5.41) is 0. The first kappa shape index (κ1) is 27.7. The van der Waals surface area contributed by atoms with Crippen molar-refractivity contribution in [1.29, 1.82) is 0 Å². The molecule has 10 heteroatoms. The third kappa shape index (κ3) is 11.6. The molecule has 0 aliphatic carbocycles. The van der Waals surface area contributed by atoms with Crippen LogP contribution in [0.3, 0.4) is 0 Å². The second-order valence-electron chi connectivity index (χ2n) is 6.75. The van der Waals surface area contributed by atoms with Gasteiger partial charge in [0, 0.05) is 31.6 Å². The van der Waals surface area contributed by atoms with Crippen LogP contribution in [0.1, 0.15) is 41.0 Å². The van der Waals surface area contributed by atoms with E-state index in [0.29, 0.717) is 13.2 Å². The fourth-order valence-corrected chi connectivity index (χ4v) is 3.96. The van der Waals surface area contributed by atoms with E-state index in [1.54, 1.807) is 14.0 Å². The van der Waals surface area contributed by atoms with E-state index in [-0.39, 0.29) is 44.9 Å². The molecule has 28 heavy (non-hydrogen) atoms. The lowest BCUT2D eigenvalue weighted by Gasteiger charge is -2.37. The molecule has 0 aliphatic rings. The summed E-state index contributed by atoms with van der Waals surface area (Å²) in [6.45, 7) is 17.6. The summed E-state index contributed by atoms with van der Waals surface area (Å²) in [6.07, 6.45) is 0.0629. The van der Waals surface area contributed by atoms with Gasteiger partial charge in [-0.05, 0) is 27.7 Å². The van der Waals surface area contributed by atoms with Gasteiger partial charge in [-0.2, -0.15) is 0 Å². The van der Waals surface area contributed by atoms with Gasteiger partial charge in [0.1, 0.15) is 21.1 Å². The van der Waals surface area contributed by atoms with Crippen LogP contribution >= 0.6 is 8.53 Å². The lowest BCUT2D eigenvalue weighted by Crippen LogP contribution is -2.40. The molecular formula is C18H35BFN2O5P. The summed E-state index contributed by atoms with van der Waals surface area (Å²) >= 11 is 0. The molecule has 0 amide bonds. The van der Waals surface area contributed by atoms with Gasteiger partial charge in [-0.1, -0.05) is 6.92 Å². The van der Waals surface area contributed by atoms with E-state index < -0.39 is 20.4 Å². The maximum absolute atomic E-state index is 15.1. The molecule has 162 valence electrons. The number of methoxy groups -OCH3 is 1. The van der Waals surface area contributed by atoms with Crippen molar-refractivity contribution < 1.29 is 27.6 Å². The van der Waals surface area contributed by atoms with Gasteiger partial charge in [0.05, 0.1) is 19.8 Å². The van der Waals surface area contributed by atoms with Crippen LogP contribution in [0.15, 0.2) is 0 Å². The Labute approximate surface area is 172 Å². The fraction of sp³-hybridized carbons (Fsp3) is 0.944. The highest BCUT2D eigenvalue weighted by molar-refractivity contribution is 7.44. The summed E-state index contributed by atoms with van der Waals surface area (Å²) in [7, 11) is 5.85. The molecule has 2 unspecified atom stereocenters. The summed E-state index contributed by atoms with van der Waals surface area (Å²) in [4.78, 5) is 3.29. The molecule has 2 radical (unpaired) electrons. The molecule has 7 nitrogen and oxygen atoms in total. The number of hydrogen-bond acceptors (Lipinski definition) is 6. The van der Waals surface area contributed by atoms with Crippen LogP contribution in [0.4, 0.5) is 4.39 Å². The van der Waals surface area contributed by atoms with E-state index in [4.69, 9.17) is 37.7 Å². The number of alkyl halides is 1. The van der Waals surface area contributed by atoms with Crippen molar-refractivity contribution in [2.24, 2.45) is 0 Å². The van der Waals surface area contributed by atoms with Crippen molar-refractivity contribution in [3.8, 4) is 0 Å². The molecular weight excluding hydrogens is 385 g/mol. The van der Waals surface area contributed by atoms with Crippen molar-refractivity contribution in [3.05, 3.63) is 11.4 Å². The van der Waals surface area contributed by atoms with E-state index >= 15 is 4.39 Å². The molecule has 0 spiro atoms. The van der Waals surface area contributed by atoms with E-state index in [0.717, 1.165) is 0 Å².